The molecule has 0 unspecified atom stereocenters. The summed E-state index contributed by atoms with van der Waals surface area (Å²) in [6.07, 6.45) is 0. The Morgan fingerprint density at radius 2 is 1.97 bits per heavy atom. The summed E-state index contributed by atoms with van der Waals surface area (Å²) in [5, 5.41) is 20.0. The molecule has 10 nitrogen and oxygen atoms in total. The molecule has 1 N–H and O–H groups in total. The predicted octanol–water partition coefficient (Wildman–Crippen LogP) is 4.18. The number of anilines is 1. The molecule has 4 aromatic rings. The molecular weight excluding hydrogens is 446 g/mol. The maximum atomic E-state index is 12.6. The van der Waals surface area contributed by atoms with Gasteiger partial charge in [-0.25, -0.2) is 4.68 Å². The highest BCUT2D eigenvalue weighted by Crippen LogP contribution is 2.28. The van der Waals surface area contributed by atoms with E-state index in [0.717, 1.165) is 4.88 Å². The highest BCUT2D eigenvalue weighted by Gasteiger charge is 2.16. The van der Waals surface area contributed by atoms with Crippen LogP contribution in [0.2, 0.25) is 0 Å². The molecule has 0 aliphatic carbocycles. The number of nitrogens with zero attached hydrogens (tertiary/aromatic N) is 4. The Balaban J connectivity index is 1.59. The van der Waals surface area contributed by atoms with Crippen molar-refractivity contribution in [3.63, 3.8) is 0 Å². The summed E-state index contributed by atoms with van der Waals surface area (Å²) in [5.74, 6) is 0.221. The maximum absolute atomic E-state index is 12.6. The van der Waals surface area contributed by atoms with Gasteiger partial charge in [0.15, 0.2) is 5.82 Å². The number of hydrogen-bond acceptors (Lipinski definition) is 8. The van der Waals surface area contributed by atoms with Crippen LogP contribution in [0.1, 0.15) is 10.4 Å². The summed E-state index contributed by atoms with van der Waals surface area (Å²) in [4.78, 5) is 28.3. The first-order valence-corrected chi connectivity index (χ1v) is 10.7. The minimum absolute atomic E-state index is 0.0793. The van der Waals surface area contributed by atoms with Crippen molar-refractivity contribution in [2.24, 2.45) is 0 Å². The molecule has 0 saturated heterocycles. The average Bonchev–Trinajstić information content (AvgIpc) is 3.49. The predicted molar refractivity (Wildman–Crippen MR) is 123 cm³/mol. The molecule has 2 aromatic carbocycles. The number of methoxy groups -OCH3 is 1. The van der Waals surface area contributed by atoms with Crippen molar-refractivity contribution in [3.05, 3.63) is 81.7 Å². The lowest BCUT2D eigenvalue weighted by Gasteiger charge is -2.09. The van der Waals surface area contributed by atoms with Crippen molar-refractivity contribution in [2.45, 2.75) is 0 Å². The van der Waals surface area contributed by atoms with Crippen LogP contribution in [0.4, 0.5) is 11.4 Å². The number of ether oxygens (including phenoxy) is 2. The molecule has 0 bridgehead atoms. The van der Waals surface area contributed by atoms with E-state index in [1.807, 2.05) is 23.6 Å². The van der Waals surface area contributed by atoms with E-state index in [1.54, 1.807) is 30.0 Å². The molecule has 0 spiro atoms. The Morgan fingerprint density at radius 1 is 1.15 bits per heavy atom. The number of nitro groups is 1. The van der Waals surface area contributed by atoms with Gasteiger partial charge in [-0.15, -0.1) is 16.4 Å². The molecule has 0 aliphatic heterocycles. The molecule has 1 amide bonds. The second kappa shape index (κ2) is 10.0. The third-order valence-electron chi connectivity index (χ3n) is 4.54. The standard InChI is InChI=1S/C22H19N5O5S/c1-31-11-12-32-22-24-20(19-6-3-13-33-19)26(25-22)18-5-2-4-16(14-18)23-21(28)15-7-9-17(10-8-15)27(29)30/h2-10,13-14H,11-12H2,1H3,(H,23,28). The van der Waals surface area contributed by atoms with Crippen LogP contribution in [0, 0.1) is 10.1 Å². The first kappa shape index (κ1) is 22.1. The number of non-ortho nitro benzene ring substituents is 1. The van der Waals surface area contributed by atoms with E-state index in [1.165, 1.54) is 35.6 Å². The Hall–Kier alpha value is -4.09. The number of rotatable bonds is 9. The van der Waals surface area contributed by atoms with E-state index in [2.05, 4.69) is 15.4 Å². The summed E-state index contributed by atoms with van der Waals surface area (Å²) in [6.45, 7) is 0.725. The summed E-state index contributed by atoms with van der Waals surface area (Å²) < 4.78 is 12.2. The number of benzene rings is 2. The Kier molecular flexibility index (Phi) is 6.72. The van der Waals surface area contributed by atoms with Crippen LogP contribution >= 0.6 is 11.3 Å². The zero-order chi connectivity index (χ0) is 23.2. The Bertz CT molecular complexity index is 1250. The van der Waals surface area contributed by atoms with Crippen LogP contribution in [0.25, 0.3) is 16.4 Å². The van der Waals surface area contributed by atoms with E-state index >= 15 is 0 Å². The van der Waals surface area contributed by atoms with E-state index in [0.29, 0.717) is 36.0 Å². The van der Waals surface area contributed by atoms with Gasteiger partial charge in [-0.3, -0.25) is 14.9 Å². The number of carbonyl (C=O) groups is 1. The summed E-state index contributed by atoms with van der Waals surface area (Å²) in [5.41, 5.74) is 1.43. The highest BCUT2D eigenvalue weighted by molar-refractivity contribution is 7.13. The Morgan fingerprint density at radius 3 is 2.67 bits per heavy atom. The van der Waals surface area contributed by atoms with Gasteiger partial charge < -0.3 is 14.8 Å². The van der Waals surface area contributed by atoms with Crippen LogP contribution in [-0.4, -0.2) is 45.9 Å². The largest absolute Gasteiger partial charge is 0.460 e. The topological polar surface area (TPSA) is 121 Å². The number of aromatic nitrogens is 3. The van der Waals surface area contributed by atoms with Crippen molar-refractivity contribution in [1.29, 1.82) is 0 Å². The second-order valence-corrected chi connectivity index (χ2v) is 7.70. The van der Waals surface area contributed by atoms with Crippen LogP contribution in [0.5, 0.6) is 6.01 Å². The molecule has 0 fully saturated rings. The molecule has 11 heteroatoms. The van der Waals surface area contributed by atoms with Gasteiger partial charge in [0, 0.05) is 30.5 Å². The van der Waals surface area contributed by atoms with Crippen molar-refractivity contribution in [1.82, 2.24) is 14.8 Å². The molecule has 33 heavy (non-hydrogen) atoms. The minimum Gasteiger partial charge on any atom is -0.460 e. The molecule has 2 heterocycles. The van der Waals surface area contributed by atoms with Crippen molar-refractivity contribution < 1.29 is 19.2 Å². The Labute approximate surface area is 192 Å². The monoisotopic (exact) mass is 465 g/mol. The average molecular weight is 465 g/mol. The fourth-order valence-corrected chi connectivity index (χ4v) is 3.67. The van der Waals surface area contributed by atoms with Gasteiger partial charge in [0.25, 0.3) is 11.6 Å². The van der Waals surface area contributed by atoms with Gasteiger partial charge in [-0.05, 0) is 41.8 Å². The van der Waals surface area contributed by atoms with E-state index in [9.17, 15) is 14.9 Å². The lowest BCUT2D eigenvalue weighted by atomic mass is 10.2. The SMILES string of the molecule is COCCOc1nc(-c2cccs2)n(-c2cccc(NC(=O)c3ccc([N+](=O)[O-])cc3)c2)n1. The van der Waals surface area contributed by atoms with Gasteiger partial charge >= 0.3 is 6.01 Å². The molecule has 168 valence electrons. The number of amides is 1. The van der Waals surface area contributed by atoms with Gasteiger partial charge in [-0.1, -0.05) is 12.1 Å². The van der Waals surface area contributed by atoms with Crippen molar-refractivity contribution in [2.75, 3.05) is 25.6 Å². The fraction of sp³-hybridized carbons (Fsp3) is 0.136. The van der Waals surface area contributed by atoms with Crippen molar-refractivity contribution in [3.8, 4) is 22.4 Å². The molecule has 4 rings (SSSR count). The summed E-state index contributed by atoms with van der Waals surface area (Å²) >= 11 is 1.52. The van der Waals surface area contributed by atoms with Crippen LogP contribution in [0.3, 0.4) is 0 Å². The number of nitro benzene ring substituents is 1. The molecule has 0 atom stereocenters. The molecule has 2 aromatic heterocycles. The molecule has 0 radical (unpaired) electrons. The smallest absolute Gasteiger partial charge is 0.336 e. The quantitative estimate of drug-likeness (QED) is 0.223. The van der Waals surface area contributed by atoms with Crippen LogP contribution < -0.4 is 10.1 Å². The number of thiophene rings is 1. The highest BCUT2D eigenvalue weighted by atomic mass is 32.1. The van der Waals surface area contributed by atoms with E-state index in [-0.39, 0.29) is 17.6 Å². The lowest BCUT2D eigenvalue weighted by Crippen LogP contribution is -2.12. The molecule has 0 aliphatic rings. The van der Waals surface area contributed by atoms with Crippen LogP contribution in [-0.2, 0) is 4.74 Å². The van der Waals surface area contributed by atoms with Gasteiger partial charge in [0.2, 0.25) is 0 Å². The summed E-state index contributed by atoms with van der Waals surface area (Å²) in [7, 11) is 1.59. The van der Waals surface area contributed by atoms with Crippen LogP contribution in [0.15, 0.2) is 66.0 Å². The zero-order valence-electron chi connectivity index (χ0n) is 17.5. The van der Waals surface area contributed by atoms with Crippen molar-refractivity contribution >= 4 is 28.6 Å². The van der Waals surface area contributed by atoms with Gasteiger partial charge in [-0.2, -0.15) is 4.98 Å². The van der Waals surface area contributed by atoms with Gasteiger partial charge in [0.1, 0.15) is 6.61 Å². The first-order chi connectivity index (χ1) is 16.0. The number of nitrogens with one attached hydrogen (secondary N) is 1. The third-order valence-corrected chi connectivity index (χ3v) is 5.40. The van der Waals surface area contributed by atoms with E-state index in [4.69, 9.17) is 9.47 Å². The lowest BCUT2D eigenvalue weighted by molar-refractivity contribution is -0.384. The maximum Gasteiger partial charge on any atom is 0.336 e. The van der Waals surface area contributed by atoms with Gasteiger partial charge in [0.05, 0.1) is 22.1 Å². The fourth-order valence-electron chi connectivity index (χ4n) is 2.97. The first-order valence-electron chi connectivity index (χ1n) is 9.84. The minimum atomic E-state index is -0.512. The zero-order valence-corrected chi connectivity index (χ0v) is 18.3. The number of hydrogen-bond donors (Lipinski definition) is 1. The normalized spacial score (nSPS) is 10.7. The number of carbonyl (C=O) groups excluding carboxylic acids is 1. The summed E-state index contributed by atoms with van der Waals surface area (Å²) in [6, 6.07) is 16.6. The van der Waals surface area contributed by atoms with E-state index < -0.39 is 4.92 Å². The molecule has 0 saturated carbocycles. The third kappa shape index (κ3) is 5.22. The second-order valence-electron chi connectivity index (χ2n) is 6.76. The molecular formula is C22H19N5O5S.